The largest absolute Gasteiger partial charge is 0.358 e. The van der Waals surface area contributed by atoms with Crippen LogP contribution in [0.5, 0.6) is 0 Å². The average Bonchev–Trinajstić information content (AvgIpc) is 3.39. The third kappa shape index (κ3) is 4.74. The number of carbonyl (C=O) groups excluding carboxylic acids is 2. The SMILES string of the molecule is CCS(=O)(=O)c1ccc2c(c1)/C(=C/c1[nH]c3c(c1CCC(=O)N1CCN(C)CC1)CCCC3)C(=O)N2. The minimum atomic E-state index is -3.40. The molecule has 0 radical (unpaired) electrons. The molecule has 9 heteroatoms. The molecule has 2 aromatic rings. The maximum Gasteiger partial charge on any atom is 0.256 e. The van der Waals surface area contributed by atoms with Crippen LogP contribution in [-0.4, -0.2) is 74.0 Å². The Hall–Kier alpha value is -2.91. The van der Waals surface area contributed by atoms with E-state index in [0.29, 0.717) is 29.7 Å². The van der Waals surface area contributed by atoms with E-state index >= 15 is 0 Å². The summed E-state index contributed by atoms with van der Waals surface area (Å²) >= 11 is 0. The summed E-state index contributed by atoms with van der Waals surface area (Å²) in [5.74, 6) is -0.0740. The molecule has 192 valence electrons. The number of hydrogen-bond donors (Lipinski definition) is 2. The third-order valence-electron chi connectivity index (χ3n) is 7.69. The zero-order chi connectivity index (χ0) is 25.4. The average molecular weight is 511 g/mol. The number of nitrogens with zero attached hydrogens (tertiary/aromatic N) is 2. The number of amides is 2. The number of aromatic amines is 1. The van der Waals surface area contributed by atoms with Gasteiger partial charge in [-0.3, -0.25) is 9.59 Å². The van der Waals surface area contributed by atoms with Gasteiger partial charge in [0.05, 0.1) is 16.2 Å². The van der Waals surface area contributed by atoms with Gasteiger partial charge in [-0.2, -0.15) is 0 Å². The molecule has 2 aliphatic heterocycles. The Morgan fingerprint density at radius 2 is 1.86 bits per heavy atom. The van der Waals surface area contributed by atoms with Gasteiger partial charge in [0.1, 0.15) is 0 Å². The molecule has 0 saturated carbocycles. The van der Waals surface area contributed by atoms with E-state index in [1.807, 2.05) is 11.0 Å². The maximum atomic E-state index is 13.0. The lowest BCUT2D eigenvalue weighted by molar-refractivity contribution is -0.132. The first-order chi connectivity index (χ1) is 17.3. The van der Waals surface area contributed by atoms with Gasteiger partial charge in [0.2, 0.25) is 5.91 Å². The fraction of sp³-hybridized carbons (Fsp3) is 0.481. The number of H-pyrrole nitrogens is 1. The van der Waals surface area contributed by atoms with Gasteiger partial charge in [-0.1, -0.05) is 6.92 Å². The van der Waals surface area contributed by atoms with Crippen molar-refractivity contribution in [3.63, 3.8) is 0 Å². The molecule has 0 atom stereocenters. The molecule has 3 aliphatic rings. The summed E-state index contributed by atoms with van der Waals surface area (Å²) in [7, 11) is -1.32. The number of aromatic nitrogens is 1. The minimum absolute atomic E-state index is 0.00103. The molecule has 1 aromatic heterocycles. The maximum absolute atomic E-state index is 13.0. The molecule has 1 saturated heterocycles. The number of aryl methyl sites for hydroxylation is 1. The molecule has 1 aromatic carbocycles. The first-order valence-corrected chi connectivity index (χ1v) is 14.5. The van der Waals surface area contributed by atoms with Gasteiger partial charge in [0.25, 0.3) is 5.91 Å². The van der Waals surface area contributed by atoms with Crippen molar-refractivity contribution >= 4 is 39.0 Å². The number of carbonyl (C=O) groups is 2. The van der Waals surface area contributed by atoms with Crippen LogP contribution in [0.1, 0.15) is 54.3 Å². The highest BCUT2D eigenvalue weighted by Gasteiger charge is 2.28. The Labute approximate surface area is 212 Å². The van der Waals surface area contributed by atoms with E-state index in [2.05, 4.69) is 22.2 Å². The molecule has 0 unspecified atom stereocenters. The molecule has 0 spiro atoms. The number of likely N-dealkylation sites (N-methyl/N-ethyl adjacent to an activating group) is 1. The summed E-state index contributed by atoms with van der Waals surface area (Å²) in [6.07, 6.45) is 7.05. The number of piperazine rings is 1. The molecule has 1 fully saturated rings. The Kier molecular flexibility index (Phi) is 6.78. The number of hydrogen-bond acceptors (Lipinski definition) is 5. The number of rotatable bonds is 6. The van der Waals surface area contributed by atoms with Crippen LogP contribution < -0.4 is 5.32 Å². The molecule has 0 bridgehead atoms. The highest BCUT2D eigenvalue weighted by atomic mass is 32.2. The fourth-order valence-corrected chi connectivity index (χ4v) is 6.35. The Morgan fingerprint density at radius 3 is 2.61 bits per heavy atom. The summed E-state index contributed by atoms with van der Waals surface area (Å²) in [5.41, 5.74) is 6.10. The van der Waals surface area contributed by atoms with E-state index in [1.165, 1.54) is 11.3 Å². The van der Waals surface area contributed by atoms with Crippen molar-refractivity contribution in [2.75, 3.05) is 44.3 Å². The lowest BCUT2D eigenvalue weighted by atomic mass is 9.92. The second-order valence-corrected chi connectivity index (χ2v) is 12.3. The van der Waals surface area contributed by atoms with Gasteiger partial charge >= 0.3 is 0 Å². The van der Waals surface area contributed by atoms with E-state index in [4.69, 9.17) is 0 Å². The lowest BCUT2D eigenvalue weighted by Crippen LogP contribution is -2.47. The molecule has 2 N–H and O–H groups in total. The predicted molar refractivity (Wildman–Crippen MR) is 141 cm³/mol. The first-order valence-electron chi connectivity index (χ1n) is 12.9. The second kappa shape index (κ2) is 9.86. The van der Waals surface area contributed by atoms with Gasteiger partial charge in [-0.15, -0.1) is 0 Å². The van der Waals surface area contributed by atoms with Crippen LogP contribution in [0.3, 0.4) is 0 Å². The molecule has 3 heterocycles. The van der Waals surface area contributed by atoms with Crippen LogP contribution in [-0.2, 0) is 38.7 Å². The quantitative estimate of drug-likeness (QED) is 0.582. The molecule has 5 rings (SSSR count). The van der Waals surface area contributed by atoms with Crippen molar-refractivity contribution in [3.8, 4) is 0 Å². The molecular weight excluding hydrogens is 476 g/mol. The van der Waals surface area contributed by atoms with Crippen LogP contribution in [0.15, 0.2) is 23.1 Å². The van der Waals surface area contributed by atoms with E-state index in [0.717, 1.165) is 63.1 Å². The first kappa shape index (κ1) is 24.8. The highest BCUT2D eigenvalue weighted by molar-refractivity contribution is 7.91. The van der Waals surface area contributed by atoms with Gasteiger partial charge < -0.3 is 20.1 Å². The smallest absolute Gasteiger partial charge is 0.256 e. The van der Waals surface area contributed by atoms with Crippen molar-refractivity contribution in [3.05, 3.63) is 46.3 Å². The monoisotopic (exact) mass is 510 g/mol. The summed E-state index contributed by atoms with van der Waals surface area (Å²) in [5, 5.41) is 2.86. The summed E-state index contributed by atoms with van der Waals surface area (Å²) in [6.45, 7) is 4.93. The summed E-state index contributed by atoms with van der Waals surface area (Å²) in [6, 6.07) is 4.80. The third-order valence-corrected chi connectivity index (χ3v) is 9.42. The zero-order valence-electron chi connectivity index (χ0n) is 21.0. The topological polar surface area (TPSA) is 103 Å². The van der Waals surface area contributed by atoms with Crippen LogP contribution in [0.4, 0.5) is 5.69 Å². The van der Waals surface area contributed by atoms with Crippen molar-refractivity contribution in [2.45, 2.75) is 50.3 Å². The summed E-state index contributed by atoms with van der Waals surface area (Å²) < 4.78 is 24.9. The molecule has 36 heavy (non-hydrogen) atoms. The number of anilines is 1. The van der Waals surface area contributed by atoms with Crippen LogP contribution in [0.2, 0.25) is 0 Å². The lowest BCUT2D eigenvalue weighted by Gasteiger charge is -2.32. The highest BCUT2D eigenvalue weighted by Crippen LogP contribution is 2.37. The molecule has 2 amide bonds. The normalized spacial score (nSPS) is 19.3. The predicted octanol–water partition coefficient (Wildman–Crippen LogP) is 2.89. The van der Waals surface area contributed by atoms with Crippen molar-refractivity contribution in [1.29, 1.82) is 0 Å². The number of fused-ring (bicyclic) bond motifs is 2. The Bertz CT molecular complexity index is 1330. The minimum Gasteiger partial charge on any atom is -0.358 e. The van der Waals surface area contributed by atoms with Crippen LogP contribution in [0.25, 0.3) is 11.6 Å². The van der Waals surface area contributed by atoms with E-state index in [1.54, 1.807) is 25.1 Å². The second-order valence-electron chi connectivity index (χ2n) is 9.99. The van der Waals surface area contributed by atoms with Gasteiger partial charge in [-0.25, -0.2) is 8.42 Å². The Balaban J connectivity index is 1.47. The van der Waals surface area contributed by atoms with Crippen molar-refractivity contribution in [1.82, 2.24) is 14.8 Å². The van der Waals surface area contributed by atoms with Gasteiger partial charge in [0.15, 0.2) is 9.84 Å². The number of nitrogens with one attached hydrogen (secondary N) is 2. The van der Waals surface area contributed by atoms with Gasteiger partial charge in [0, 0.05) is 55.2 Å². The zero-order valence-corrected chi connectivity index (χ0v) is 21.8. The van der Waals surface area contributed by atoms with Crippen molar-refractivity contribution in [2.24, 2.45) is 0 Å². The van der Waals surface area contributed by atoms with E-state index in [-0.39, 0.29) is 22.5 Å². The Morgan fingerprint density at radius 1 is 1.11 bits per heavy atom. The van der Waals surface area contributed by atoms with Gasteiger partial charge in [-0.05, 0) is 74.6 Å². The van der Waals surface area contributed by atoms with Crippen LogP contribution in [0, 0.1) is 0 Å². The fourth-order valence-electron chi connectivity index (χ4n) is 5.45. The molecular formula is C27H34N4O4S. The van der Waals surface area contributed by atoms with Crippen LogP contribution >= 0.6 is 0 Å². The van der Waals surface area contributed by atoms with E-state index < -0.39 is 9.84 Å². The number of benzene rings is 1. The summed E-state index contributed by atoms with van der Waals surface area (Å²) in [4.78, 5) is 33.8. The standard InChI is InChI=1S/C27H34N4O4S/c1-3-36(34,35)18-8-10-24-21(16-18)22(27(33)29-24)17-25-20(19-6-4-5-7-23(19)28-25)9-11-26(32)31-14-12-30(2)13-15-31/h8,10,16-17,28H,3-7,9,11-15H2,1-2H3,(H,29,33)/b22-17-. The van der Waals surface area contributed by atoms with E-state index in [9.17, 15) is 18.0 Å². The molecule has 8 nitrogen and oxygen atoms in total. The van der Waals surface area contributed by atoms with Crippen molar-refractivity contribution < 1.29 is 18.0 Å². The number of sulfone groups is 1. The molecule has 1 aliphatic carbocycles.